The topological polar surface area (TPSA) is 56.1 Å². The normalized spacial score (nSPS) is 12.1. The Balaban J connectivity index is 1.56. The van der Waals surface area contributed by atoms with Crippen LogP contribution in [0.2, 0.25) is 0 Å². The van der Waals surface area contributed by atoms with Crippen LogP contribution in [0.5, 0.6) is 5.75 Å². The molecule has 0 aliphatic heterocycles. The van der Waals surface area contributed by atoms with Gasteiger partial charge in [-0.3, -0.25) is 4.79 Å². The van der Waals surface area contributed by atoms with Gasteiger partial charge in [-0.05, 0) is 42.6 Å². The highest BCUT2D eigenvalue weighted by molar-refractivity contribution is 7.13. The summed E-state index contributed by atoms with van der Waals surface area (Å²) in [6, 6.07) is 21.5. The highest BCUT2D eigenvalue weighted by Crippen LogP contribution is 2.29. The molecule has 2 heterocycles. The quantitative estimate of drug-likeness (QED) is 0.395. The highest BCUT2D eigenvalue weighted by atomic mass is 32.1. The third-order valence-corrected chi connectivity index (χ3v) is 5.77. The molecule has 156 valence electrons. The average Bonchev–Trinajstić information content (AvgIpc) is 3.48. The van der Waals surface area contributed by atoms with Crippen molar-refractivity contribution in [1.29, 1.82) is 0 Å². The molecule has 1 atom stereocenters. The second-order valence-electron chi connectivity index (χ2n) is 7.00. The molecule has 1 amide bonds. The van der Waals surface area contributed by atoms with E-state index < -0.39 is 0 Å². The van der Waals surface area contributed by atoms with Crippen LogP contribution < -0.4 is 10.1 Å². The predicted octanol–water partition coefficient (Wildman–Crippen LogP) is 5.50. The van der Waals surface area contributed by atoms with Gasteiger partial charge in [-0.15, -0.1) is 11.3 Å². The average molecular weight is 430 g/mol. The zero-order valence-electron chi connectivity index (χ0n) is 17.4. The van der Waals surface area contributed by atoms with Crippen molar-refractivity contribution in [2.75, 3.05) is 7.11 Å². The fourth-order valence-corrected chi connectivity index (χ4v) is 4.09. The first-order valence-corrected chi connectivity index (χ1v) is 10.8. The fourth-order valence-electron chi connectivity index (χ4n) is 3.36. The summed E-state index contributed by atoms with van der Waals surface area (Å²) in [4.78, 5) is 13.7. The van der Waals surface area contributed by atoms with E-state index in [1.807, 2.05) is 96.0 Å². The van der Waals surface area contributed by atoms with Crippen molar-refractivity contribution in [3.8, 4) is 22.0 Å². The molecule has 0 saturated carbocycles. The Hall–Kier alpha value is -3.64. The Kier molecular flexibility index (Phi) is 6.29. The van der Waals surface area contributed by atoms with Crippen LogP contribution in [0, 0.1) is 0 Å². The number of ether oxygens (including phenoxy) is 1. The van der Waals surface area contributed by atoms with Gasteiger partial charge in [0.15, 0.2) is 0 Å². The number of nitrogens with zero attached hydrogens (tertiary/aromatic N) is 2. The number of thiophene rings is 1. The first-order chi connectivity index (χ1) is 15.2. The van der Waals surface area contributed by atoms with Gasteiger partial charge in [0.2, 0.25) is 5.91 Å². The van der Waals surface area contributed by atoms with Gasteiger partial charge in [0.05, 0.1) is 23.7 Å². The zero-order valence-corrected chi connectivity index (χ0v) is 18.2. The Bertz CT molecular complexity index is 1180. The fraction of sp³-hybridized carbons (Fsp3) is 0.120. The number of amides is 1. The number of methoxy groups -OCH3 is 1. The van der Waals surface area contributed by atoms with Crippen molar-refractivity contribution < 1.29 is 9.53 Å². The van der Waals surface area contributed by atoms with Gasteiger partial charge in [-0.2, -0.15) is 5.10 Å². The van der Waals surface area contributed by atoms with E-state index in [9.17, 15) is 4.79 Å². The number of para-hydroxylation sites is 2. The molecule has 0 aliphatic rings. The Morgan fingerprint density at radius 2 is 1.87 bits per heavy atom. The maximum absolute atomic E-state index is 12.6. The van der Waals surface area contributed by atoms with Gasteiger partial charge in [0.1, 0.15) is 11.4 Å². The monoisotopic (exact) mass is 429 g/mol. The summed E-state index contributed by atoms with van der Waals surface area (Å²) in [6.07, 6.45) is 5.30. The number of rotatable bonds is 7. The van der Waals surface area contributed by atoms with Gasteiger partial charge in [-0.1, -0.05) is 42.5 Å². The van der Waals surface area contributed by atoms with E-state index in [4.69, 9.17) is 9.84 Å². The number of hydrogen-bond acceptors (Lipinski definition) is 4. The second-order valence-corrected chi connectivity index (χ2v) is 7.94. The Labute approximate surface area is 185 Å². The Morgan fingerprint density at radius 1 is 1.10 bits per heavy atom. The predicted molar refractivity (Wildman–Crippen MR) is 125 cm³/mol. The van der Waals surface area contributed by atoms with Crippen LogP contribution in [-0.4, -0.2) is 22.8 Å². The van der Waals surface area contributed by atoms with Crippen molar-refractivity contribution in [2.24, 2.45) is 0 Å². The van der Waals surface area contributed by atoms with Gasteiger partial charge < -0.3 is 10.1 Å². The van der Waals surface area contributed by atoms with Gasteiger partial charge >= 0.3 is 0 Å². The second kappa shape index (κ2) is 9.45. The number of carbonyl (C=O) groups is 1. The van der Waals surface area contributed by atoms with E-state index in [2.05, 4.69) is 5.32 Å². The number of hydrogen-bond donors (Lipinski definition) is 1. The molecule has 4 rings (SSSR count). The smallest absolute Gasteiger partial charge is 0.244 e. The van der Waals surface area contributed by atoms with Crippen LogP contribution in [-0.2, 0) is 4.79 Å². The van der Waals surface area contributed by atoms with E-state index in [1.165, 1.54) is 0 Å². The molecule has 0 radical (unpaired) electrons. The van der Waals surface area contributed by atoms with Crippen LogP contribution in [0.3, 0.4) is 0 Å². The number of nitrogens with one attached hydrogen (secondary N) is 1. The molecule has 0 saturated heterocycles. The molecule has 1 N–H and O–H groups in total. The highest BCUT2D eigenvalue weighted by Gasteiger charge is 2.14. The molecule has 5 nitrogen and oxygen atoms in total. The van der Waals surface area contributed by atoms with Crippen molar-refractivity contribution in [3.05, 3.63) is 95.5 Å². The summed E-state index contributed by atoms with van der Waals surface area (Å²) in [6.45, 7) is 1.94. The lowest BCUT2D eigenvalue weighted by molar-refractivity contribution is -0.117. The molecule has 2 aromatic heterocycles. The van der Waals surface area contributed by atoms with Crippen LogP contribution in [0.25, 0.3) is 22.3 Å². The standard InChI is InChI=1S/C25H23N3O2S/c1-18(21-11-6-7-12-22(21)30-2)26-24(29)15-14-19-17-28(20-9-4-3-5-10-20)27-25(19)23-13-8-16-31-23/h3-18H,1-2H3,(H,26,29)/b15-14+. The van der Waals surface area contributed by atoms with Crippen molar-refractivity contribution >= 4 is 23.3 Å². The van der Waals surface area contributed by atoms with Crippen LogP contribution in [0.15, 0.2) is 84.4 Å². The minimum Gasteiger partial charge on any atom is -0.496 e. The van der Waals surface area contributed by atoms with Crippen molar-refractivity contribution in [1.82, 2.24) is 15.1 Å². The minimum absolute atomic E-state index is 0.178. The zero-order chi connectivity index (χ0) is 21.6. The summed E-state index contributed by atoms with van der Waals surface area (Å²) < 4.78 is 7.24. The first-order valence-electron chi connectivity index (χ1n) is 9.96. The van der Waals surface area contributed by atoms with E-state index in [1.54, 1.807) is 24.5 Å². The summed E-state index contributed by atoms with van der Waals surface area (Å²) in [5.41, 5.74) is 3.63. The van der Waals surface area contributed by atoms with Gasteiger partial charge in [0, 0.05) is 23.4 Å². The minimum atomic E-state index is -0.183. The third kappa shape index (κ3) is 4.75. The number of carbonyl (C=O) groups excluding carboxylic acids is 1. The lowest BCUT2D eigenvalue weighted by atomic mass is 10.1. The van der Waals surface area contributed by atoms with E-state index in [-0.39, 0.29) is 11.9 Å². The largest absolute Gasteiger partial charge is 0.496 e. The molecule has 0 fully saturated rings. The molecule has 2 aromatic carbocycles. The molecule has 1 unspecified atom stereocenters. The SMILES string of the molecule is COc1ccccc1C(C)NC(=O)/C=C/c1cn(-c2ccccc2)nc1-c1cccs1. The molecule has 31 heavy (non-hydrogen) atoms. The maximum atomic E-state index is 12.6. The molecular formula is C25H23N3O2S. The third-order valence-electron chi connectivity index (χ3n) is 4.90. The van der Waals surface area contributed by atoms with Crippen molar-refractivity contribution in [3.63, 3.8) is 0 Å². The maximum Gasteiger partial charge on any atom is 0.244 e. The molecule has 6 heteroatoms. The van der Waals surface area contributed by atoms with Crippen LogP contribution in [0.1, 0.15) is 24.1 Å². The summed E-state index contributed by atoms with van der Waals surface area (Å²) in [5, 5.41) is 9.78. The van der Waals surface area contributed by atoms with Crippen LogP contribution in [0.4, 0.5) is 0 Å². The first kappa shape index (κ1) is 20.6. The van der Waals surface area contributed by atoms with E-state index >= 15 is 0 Å². The molecule has 4 aromatic rings. The van der Waals surface area contributed by atoms with Crippen molar-refractivity contribution in [2.45, 2.75) is 13.0 Å². The summed E-state index contributed by atoms with van der Waals surface area (Å²) in [5.74, 6) is 0.575. The van der Waals surface area contributed by atoms with Crippen LogP contribution >= 0.6 is 11.3 Å². The molecule has 0 aliphatic carbocycles. The number of benzene rings is 2. The van der Waals surface area contributed by atoms with Gasteiger partial charge in [-0.25, -0.2) is 4.68 Å². The van der Waals surface area contributed by atoms with E-state index in [0.717, 1.165) is 33.1 Å². The molecule has 0 bridgehead atoms. The molecule has 0 spiro atoms. The lowest BCUT2D eigenvalue weighted by Gasteiger charge is -2.16. The van der Waals surface area contributed by atoms with E-state index in [0.29, 0.717) is 0 Å². The molecular weight excluding hydrogens is 406 g/mol. The Morgan fingerprint density at radius 3 is 2.61 bits per heavy atom. The summed E-state index contributed by atoms with van der Waals surface area (Å²) >= 11 is 1.62. The van der Waals surface area contributed by atoms with Gasteiger partial charge in [0.25, 0.3) is 0 Å². The summed E-state index contributed by atoms with van der Waals surface area (Å²) in [7, 11) is 1.63. The lowest BCUT2D eigenvalue weighted by Crippen LogP contribution is -2.24. The number of aromatic nitrogens is 2.